The maximum Gasteiger partial charge on any atom is 0.274 e. The van der Waals surface area contributed by atoms with E-state index < -0.39 is 0 Å². The molecule has 0 spiro atoms. The minimum atomic E-state index is -0.0383. The first kappa shape index (κ1) is 12.6. The van der Waals surface area contributed by atoms with Crippen LogP contribution < -0.4 is 10.1 Å². The van der Waals surface area contributed by atoms with Gasteiger partial charge in [0.05, 0.1) is 15.6 Å². The zero-order valence-electron chi connectivity index (χ0n) is 10.8. The first-order valence-corrected chi connectivity index (χ1v) is 7.59. The number of aromatic nitrogens is 2. The van der Waals surface area contributed by atoms with E-state index in [0.717, 1.165) is 21.6 Å². The predicted molar refractivity (Wildman–Crippen MR) is 87.1 cm³/mol. The first-order valence-electron chi connectivity index (χ1n) is 6.40. The van der Waals surface area contributed by atoms with Crippen LogP contribution in [0.4, 0.5) is 0 Å². The molecule has 0 N–H and O–H groups in total. The van der Waals surface area contributed by atoms with Gasteiger partial charge in [0.15, 0.2) is 4.96 Å². The fourth-order valence-corrected chi connectivity index (χ4v) is 3.55. The Balaban J connectivity index is 2.03. The van der Waals surface area contributed by atoms with Gasteiger partial charge in [-0.15, -0.1) is 0 Å². The van der Waals surface area contributed by atoms with Crippen LogP contribution in [0.1, 0.15) is 5.56 Å². The molecule has 0 amide bonds. The van der Waals surface area contributed by atoms with Crippen LogP contribution in [0, 0.1) is 0 Å². The third-order valence-corrected chi connectivity index (χ3v) is 4.50. The number of thiazole rings is 1. The van der Waals surface area contributed by atoms with Crippen LogP contribution >= 0.6 is 22.9 Å². The van der Waals surface area contributed by atoms with Crippen LogP contribution in [0.2, 0.25) is 5.02 Å². The average Bonchev–Trinajstić information content (AvgIpc) is 2.97. The highest BCUT2D eigenvalue weighted by Gasteiger charge is 2.10. The van der Waals surface area contributed by atoms with E-state index in [1.165, 1.54) is 11.3 Å². The van der Waals surface area contributed by atoms with Gasteiger partial charge in [-0.2, -0.15) is 0 Å². The molecule has 2 heterocycles. The number of hydrogen-bond donors (Lipinski definition) is 0. The summed E-state index contributed by atoms with van der Waals surface area (Å²) < 4.78 is 2.32. The Labute approximate surface area is 128 Å². The highest BCUT2D eigenvalue weighted by Crippen LogP contribution is 2.16. The van der Waals surface area contributed by atoms with Gasteiger partial charge in [-0.1, -0.05) is 47.2 Å². The largest absolute Gasteiger partial charge is 0.274 e. The molecule has 5 heteroatoms. The van der Waals surface area contributed by atoms with Crippen molar-refractivity contribution in [3.8, 4) is 0 Å². The summed E-state index contributed by atoms with van der Waals surface area (Å²) in [6.45, 7) is 0. The number of halogens is 1. The van der Waals surface area contributed by atoms with E-state index in [-0.39, 0.29) is 5.56 Å². The van der Waals surface area contributed by atoms with Crippen molar-refractivity contribution in [1.29, 1.82) is 0 Å². The zero-order chi connectivity index (χ0) is 14.4. The maximum absolute atomic E-state index is 12.6. The second-order valence-corrected chi connectivity index (χ2v) is 6.13. The van der Waals surface area contributed by atoms with E-state index in [4.69, 9.17) is 11.6 Å². The van der Waals surface area contributed by atoms with E-state index in [1.807, 2.05) is 54.6 Å². The average molecular weight is 313 g/mol. The molecule has 0 fully saturated rings. The van der Waals surface area contributed by atoms with Gasteiger partial charge in [0.1, 0.15) is 0 Å². The van der Waals surface area contributed by atoms with Crippen LogP contribution in [0.25, 0.3) is 22.1 Å². The Morgan fingerprint density at radius 2 is 2.00 bits per heavy atom. The number of rotatable bonds is 1. The summed E-state index contributed by atoms with van der Waals surface area (Å²) in [6, 6.07) is 15.1. The quantitative estimate of drug-likeness (QED) is 0.541. The number of fused-ring (bicyclic) bond motifs is 3. The number of benzene rings is 2. The molecule has 0 aliphatic rings. The van der Waals surface area contributed by atoms with Crippen molar-refractivity contribution in [2.45, 2.75) is 0 Å². The molecule has 0 aliphatic carbocycles. The smallest absolute Gasteiger partial charge is 0.267 e. The summed E-state index contributed by atoms with van der Waals surface area (Å²) in [5, 5.41) is 0.656. The molecule has 0 saturated carbocycles. The summed E-state index contributed by atoms with van der Waals surface area (Å²) in [5.74, 6) is 0. The normalized spacial score (nSPS) is 12.5. The summed E-state index contributed by atoms with van der Waals surface area (Å²) in [4.78, 5) is 17.8. The standard InChI is InChI=1S/C16H9ClN2OS/c17-11-5-3-4-10(8-11)9-14-15(20)19-13-7-2-1-6-12(13)18-16(19)21-14/h1-9H. The van der Waals surface area contributed by atoms with E-state index in [9.17, 15) is 4.79 Å². The number of imidazole rings is 1. The van der Waals surface area contributed by atoms with Gasteiger partial charge in [0.25, 0.3) is 5.56 Å². The SMILES string of the molecule is O=c1c(=Cc2cccc(Cl)c2)sc2nc3ccccc3n12. The predicted octanol–water partition coefficient (Wildman–Crippen LogP) is 3.11. The summed E-state index contributed by atoms with van der Waals surface area (Å²) >= 11 is 7.37. The lowest BCUT2D eigenvalue weighted by Crippen LogP contribution is -2.22. The molecule has 0 atom stereocenters. The summed E-state index contributed by atoms with van der Waals surface area (Å²) in [5.41, 5.74) is 2.56. The summed E-state index contributed by atoms with van der Waals surface area (Å²) in [6.07, 6.45) is 1.85. The third kappa shape index (κ3) is 2.04. The van der Waals surface area contributed by atoms with Gasteiger partial charge < -0.3 is 0 Å². The zero-order valence-corrected chi connectivity index (χ0v) is 12.4. The monoisotopic (exact) mass is 312 g/mol. The van der Waals surface area contributed by atoms with Gasteiger partial charge in [-0.25, -0.2) is 9.38 Å². The lowest BCUT2D eigenvalue weighted by Gasteiger charge is -1.92. The van der Waals surface area contributed by atoms with E-state index in [2.05, 4.69) is 4.98 Å². The fourth-order valence-electron chi connectivity index (χ4n) is 2.36. The first-order chi connectivity index (χ1) is 10.2. The molecule has 4 rings (SSSR count). The molecule has 102 valence electrons. The van der Waals surface area contributed by atoms with Gasteiger partial charge in [0.2, 0.25) is 0 Å². The molecule has 2 aromatic heterocycles. The van der Waals surface area contributed by atoms with Crippen molar-refractivity contribution >= 4 is 45.0 Å². The molecule has 3 nitrogen and oxygen atoms in total. The van der Waals surface area contributed by atoms with Crippen LogP contribution in [-0.4, -0.2) is 9.38 Å². The second-order valence-electron chi connectivity index (χ2n) is 4.69. The molecular weight excluding hydrogens is 304 g/mol. The lowest BCUT2D eigenvalue weighted by molar-refractivity contribution is 1.19. The van der Waals surface area contributed by atoms with Crippen LogP contribution in [-0.2, 0) is 0 Å². The number of hydrogen-bond acceptors (Lipinski definition) is 3. The minimum absolute atomic E-state index is 0.0383. The summed E-state index contributed by atoms with van der Waals surface area (Å²) in [7, 11) is 0. The second kappa shape index (κ2) is 4.69. The van der Waals surface area contributed by atoms with Crippen LogP contribution in [0.15, 0.2) is 53.3 Å². The number of nitrogens with zero attached hydrogens (tertiary/aromatic N) is 2. The Morgan fingerprint density at radius 1 is 1.14 bits per heavy atom. The molecule has 0 unspecified atom stereocenters. The molecule has 0 saturated heterocycles. The van der Waals surface area contributed by atoms with Gasteiger partial charge >= 0.3 is 0 Å². The molecule has 0 aliphatic heterocycles. The maximum atomic E-state index is 12.6. The fraction of sp³-hybridized carbons (Fsp3) is 0. The van der Waals surface area contributed by atoms with Crippen molar-refractivity contribution in [1.82, 2.24) is 9.38 Å². The Kier molecular flexibility index (Phi) is 2.80. The molecular formula is C16H9ClN2OS. The molecule has 0 bridgehead atoms. The minimum Gasteiger partial charge on any atom is -0.267 e. The lowest BCUT2D eigenvalue weighted by atomic mass is 10.2. The van der Waals surface area contributed by atoms with Crippen LogP contribution in [0.3, 0.4) is 0 Å². The van der Waals surface area contributed by atoms with Gasteiger partial charge in [0, 0.05) is 5.02 Å². The highest BCUT2D eigenvalue weighted by atomic mass is 35.5. The molecule has 0 radical (unpaired) electrons. The van der Waals surface area contributed by atoms with Crippen LogP contribution in [0.5, 0.6) is 0 Å². The molecule has 2 aromatic carbocycles. The number of para-hydroxylation sites is 2. The third-order valence-electron chi connectivity index (χ3n) is 3.29. The Morgan fingerprint density at radius 3 is 2.86 bits per heavy atom. The van der Waals surface area contributed by atoms with Crippen molar-refractivity contribution in [3.05, 3.63) is 74.0 Å². The van der Waals surface area contributed by atoms with Crippen molar-refractivity contribution in [2.24, 2.45) is 0 Å². The van der Waals surface area contributed by atoms with Gasteiger partial charge in [-0.3, -0.25) is 4.79 Å². The van der Waals surface area contributed by atoms with Gasteiger partial charge in [-0.05, 0) is 35.9 Å². The molecule has 21 heavy (non-hydrogen) atoms. The van der Waals surface area contributed by atoms with E-state index in [0.29, 0.717) is 9.55 Å². The van der Waals surface area contributed by atoms with E-state index >= 15 is 0 Å². The van der Waals surface area contributed by atoms with E-state index in [1.54, 1.807) is 4.40 Å². The molecule has 4 aromatic rings. The Hall–Kier alpha value is -2.17. The van der Waals surface area contributed by atoms with Crippen molar-refractivity contribution in [3.63, 3.8) is 0 Å². The van der Waals surface area contributed by atoms with Crippen molar-refractivity contribution in [2.75, 3.05) is 0 Å². The Bertz CT molecular complexity index is 1080. The highest BCUT2D eigenvalue weighted by molar-refractivity contribution is 7.15. The topological polar surface area (TPSA) is 34.4 Å². The van der Waals surface area contributed by atoms with Crippen molar-refractivity contribution < 1.29 is 0 Å².